The first-order valence-electron chi connectivity index (χ1n) is 6.32. The molecule has 0 aromatic heterocycles. The zero-order valence-corrected chi connectivity index (χ0v) is 13.0. The Morgan fingerprint density at radius 3 is 2.23 bits per heavy atom. The summed E-state index contributed by atoms with van der Waals surface area (Å²) in [5, 5.41) is 0. The molecule has 2 rings (SSSR count). The summed E-state index contributed by atoms with van der Waals surface area (Å²) in [6.07, 6.45) is 1.15. The molecule has 10 heteroatoms. The maximum absolute atomic E-state index is 13.7. The smallest absolute Gasteiger partial charge is 0.249 e. The number of sulfonamides is 1. The minimum atomic E-state index is -4.66. The number of hydrogen-bond donors (Lipinski definition) is 1. The number of hydrogen-bond acceptors (Lipinski definition) is 3. The van der Waals surface area contributed by atoms with Crippen molar-refractivity contribution in [2.45, 2.75) is 17.7 Å². The second-order valence-corrected chi connectivity index (χ2v) is 6.78. The molecular formula is C12H15ClF4N2O2S. The maximum Gasteiger partial charge on any atom is 0.249 e. The normalized spacial score (nSPS) is 19.8. The molecule has 126 valence electrons. The van der Waals surface area contributed by atoms with Crippen molar-refractivity contribution < 1.29 is 26.0 Å². The highest BCUT2D eigenvalue weighted by Crippen LogP contribution is 2.29. The van der Waals surface area contributed by atoms with E-state index in [1.807, 2.05) is 0 Å². The topological polar surface area (TPSA) is 63.4 Å². The summed E-state index contributed by atoms with van der Waals surface area (Å²) in [7, 11) is -4.66. The molecule has 1 heterocycles. The van der Waals surface area contributed by atoms with Gasteiger partial charge in [0.15, 0.2) is 28.2 Å². The van der Waals surface area contributed by atoms with E-state index in [0.29, 0.717) is 12.8 Å². The molecule has 0 aliphatic carbocycles. The second kappa shape index (κ2) is 7.12. The first-order valence-corrected chi connectivity index (χ1v) is 7.76. The molecule has 0 radical (unpaired) electrons. The second-order valence-electron chi connectivity index (χ2n) is 4.90. The monoisotopic (exact) mass is 362 g/mol. The number of piperidine rings is 1. The quantitative estimate of drug-likeness (QED) is 0.661. The average molecular weight is 363 g/mol. The van der Waals surface area contributed by atoms with Crippen molar-refractivity contribution in [1.82, 2.24) is 4.31 Å². The van der Waals surface area contributed by atoms with Crippen LogP contribution in [0.5, 0.6) is 0 Å². The summed E-state index contributed by atoms with van der Waals surface area (Å²) in [6, 6.07) is -0.0252. The van der Waals surface area contributed by atoms with Crippen LogP contribution in [0.15, 0.2) is 11.0 Å². The Hall–Kier alpha value is -0.900. The molecule has 1 unspecified atom stereocenters. The van der Waals surface area contributed by atoms with Crippen LogP contribution in [-0.4, -0.2) is 32.4 Å². The van der Waals surface area contributed by atoms with Gasteiger partial charge in [-0.25, -0.2) is 26.0 Å². The van der Waals surface area contributed by atoms with E-state index in [-0.39, 0.29) is 44.0 Å². The van der Waals surface area contributed by atoms with Gasteiger partial charge >= 0.3 is 0 Å². The maximum atomic E-state index is 13.7. The van der Waals surface area contributed by atoms with Crippen LogP contribution < -0.4 is 5.73 Å². The van der Waals surface area contributed by atoms with Gasteiger partial charge in [-0.3, -0.25) is 0 Å². The van der Waals surface area contributed by atoms with Crippen molar-refractivity contribution in [2.24, 2.45) is 11.7 Å². The van der Waals surface area contributed by atoms with Crippen molar-refractivity contribution in [3.8, 4) is 0 Å². The Morgan fingerprint density at radius 1 is 1.18 bits per heavy atom. The predicted molar refractivity (Wildman–Crippen MR) is 74.1 cm³/mol. The van der Waals surface area contributed by atoms with E-state index in [1.165, 1.54) is 0 Å². The fourth-order valence-corrected chi connectivity index (χ4v) is 4.03. The van der Waals surface area contributed by atoms with Gasteiger partial charge in [-0.1, -0.05) is 0 Å². The van der Waals surface area contributed by atoms with Gasteiger partial charge in [-0.15, -0.1) is 12.4 Å². The van der Waals surface area contributed by atoms with Crippen LogP contribution in [0.1, 0.15) is 12.8 Å². The summed E-state index contributed by atoms with van der Waals surface area (Å²) >= 11 is 0. The minimum absolute atomic E-state index is 0. The van der Waals surface area contributed by atoms with E-state index in [1.54, 1.807) is 0 Å². The molecule has 1 fully saturated rings. The van der Waals surface area contributed by atoms with Gasteiger partial charge < -0.3 is 5.73 Å². The lowest BCUT2D eigenvalue weighted by Gasteiger charge is -2.31. The number of rotatable bonds is 3. The Morgan fingerprint density at radius 2 is 1.73 bits per heavy atom. The summed E-state index contributed by atoms with van der Waals surface area (Å²) in [4.78, 5) is -1.59. The van der Waals surface area contributed by atoms with Crippen molar-refractivity contribution in [3.05, 3.63) is 29.3 Å². The Bertz CT molecular complexity index is 631. The number of halogens is 5. The zero-order valence-electron chi connectivity index (χ0n) is 11.4. The third-order valence-corrected chi connectivity index (χ3v) is 5.37. The standard InChI is InChI=1S/C12H14F4N2O2S.ClH/c13-8-4-9(14)11(16)12(10(8)15)21(19,20)18-3-1-2-7(5-17)6-18;/h4,7H,1-3,5-6,17H2;1H. The van der Waals surface area contributed by atoms with Crippen LogP contribution >= 0.6 is 12.4 Å². The van der Waals surface area contributed by atoms with Gasteiger partial charge in [0.2, 0.25) is 10.0 Å². The van der Waals surface area contributed by atoms with Crippen LogP contribution in [0.25, 0.3) is 0 Å². The molecule has 1 aromatic carbocycles. The van der Waals surface area contributed by atoms with Crippen LogP contribution in [0, 0.1) is 29.2 Å². The minimum Gasteiger partial charge on any atom is -0.330 e. The lowest BCUT2D eigenvalue weighted by molar-refractivity contribution is 0.269. The summed E-state index contributed by atoms with van der Waals surface area (Å²) in [5.74, 6) is -7.48. The van der Waals surface area contributed by atoms with E-state index < -0.39 is 38.2 Å². The van der Waals surface area contributed by atoms with Gasteiger partial charge in [-0.2, -0.15) is 4.31 Å². The Balaban J connectivity index is 0.00000242. The van der Waals surface area contributed by atoms with E-state index >= 15 is 0 Å². The van der Waals surface area contributed by atoms with Gasteiger partial charge in [0.25, 0.3) is 0 Å². The number of nitrogens with two attached hydrogens (primary N) is 1. The molecule has 0 spiro atoms. The molecule has 1 saturated heterocycles. The fraction of sp³-hybridized carbons (Fsp3) is 0.500. The molecule has 2 N–H and O–H groups in total. The van der Waals surface area contributed by atoms with E-state index in [9.17, 15) is 26.0 Å². The van der Waals surface area contributed by atoms with Gasteiger partial charge in [0.1, 0.15) is 0 Å². The Kier molecular flexibility index (Phi) is 6.19. The van der Waals surface area contributed by atoms with Gasteiger partial charge in [0.05, 0.1) is 0 Å². The van der Waals surface area contributed by atoms with Crippen molar-refractivity contribution >= 4 is 22.4 Å². The molecular weight excluding hydrogens is 348 g/mol. The molecule has 1 aliphatic rings. The van der Waals surface area contributed by atoms with Crippen LogP contribution in [0.2, 0.25) is 0 Å². The lowest BCUT2D eigenvalue weighted by atomic mass is 10.0. The van der Waals surface area contributed by atoms with Crippen molar-refractivity contribution in [1.29, 1.82) is 0 Å². The van der Waals surface area contributed by atoms with E-state index in [4.69, 9.17) is 5.73 Å². The molecule has 0 amide bonds. The molecule has 1 aliphatic heterocycles. The van der Waals surface area contributed by atoms with E-state index in [0.717, 1.165) is 4.31 Å². The predicted octanol–water partition coefficient (Wildman–Crippen LogP) is 2.02. The van der Waals surface area contributed by atoms with Crippen molar-refractivity contribution in [2.75, 3.05) is 19.6 Å². The van der Waals surface area contributed by atoms with Crippen molar-refractivity contribution in [3.63, 3.8) is 0 Å². The largest absolute Gasteiger partial charge is 0.330 e. The third kappa shape index (κ3) is 3.37. The van der Waals surface area contributed by atoms with E-state index in [2.05, 4.69) is 0 Å². The molecule has 0 saturated carbocycles. The number of benzene rings is 1. The molecule has 0 bridgehead atoms. The van der Waals surface area contributed by atoms with Crippen LogP contribution in [0.4, 0.5) is 17.6 Å². The highest BCUT2D eigenvalue weighted by atomic mass is 35.5. The molecule has 1 aromatic rings. The molecule has 22 heavy (non-hydrogen) atoms. The van der Waals surface area contributed by atoms with Gasteiger partial charge in [0, 0.05) is 19.2 Å². The lowest BCUT2D eigenvalue weighted by Crippen LogP contribution is -2.42. The zero-order chi connectivity index (χ0) is 15.8. The summed E-state index contributed by atoms with van der Waals surface area (Å²) in [5.41, 5.74) is 5.47. The first-order chi connectivity index (χ1) is 9.78. The summed E-state index contributed by atoms with van der Waals surface area (Å²) < 4.78 is 79.0. The van der Waals surface area contributed by atoms with Gasteiger partial charge in [-0.05, 0) is 25.3 Å². The molecule has 4 nitrogen and oxygen atoms in total. The van der Waals surface area contributed by atoms with Crippen LogP contribution in [-0.2, 0) is 10.0 Å². The SMILES string of the molecule is Cl.NCC1CCCN(S(=O)(=O)c2c(F)c(F)cc(F)c2F)C1. The first kappa shape index (κ1) is 19.1. The molecule has 1 atom stereocenters. The highest BCUT2D eigenvalue weighted by Gasteiger charge is 2.36. The summed E-state index contributed by atoms with van der Waals surface area (Å²) in [6.45, 7) is 0.209. The average Bonchev–Trinajstić information content (AvgIpc) is 2.45. The fourth-order valence-electron chi connectivity index (χ4n) is 2.34. The third-order valence-electron chi connectivity index (χ3n) is 3.48. The number of nitrogens with zero attached hydrogens (tertiary/aromatic N) is 1. The van der Waals surface area contributed by atoms with Crippen LogP contribution in [0.3, 0.4) is 0 Å². The highest BCUT2D eigenvalue weighted by molar-refractivity contribution is 7.89. The Labute approximate surface area is 131 Å².